The first-order chi connectivity index (χ1) is 24.3. The maximum Gasteiger partial charge on any atom is 0.164 e. The Balaban J connectivity index is 1.17. The smallest absolute Gasteiger partial charge is 0.164 e. The van der Waals surface area contributed by atoms with Gasteiger partial charge in [-0.2, -0.15) is 0 Å². The largest absolute Gasteiger partial charge is 0.456 e. The summed E-state index contributed by atoms with van der Waals surface area (Å²) in [5.74, 6) is 1.84. The van der Waals surface area contributed by atoms with Gasteiger partial charge in [-0.3, -0.25) is 0 Å². The molecule has 0 bridgehead atoms. The lowest BCUT2D eigenvalue weighted by Crippen LogP contribution is -2.00. The van der Waals surface area contributed by atoms with Gasteiger partial charge in [0.15, 0.2) is 17.5 Å². The number of benzene rings is 7. The van der Waals surface area contributed by atoms with Crippen LogP contribution in [0.2, 0.25) is 0 Å². The molecular weight excluding hydrogens is 599 g/mol. The van der Waals surface area contributed by atoms with E-state index in [1.807, 2.05) is 60.7 Å². The van der Waals surface area contributed by atoms with Gasteiger partial charge in [0.1, 0.15) is 11.2 Å². The second-order valence-corrected chi connectivity index (χ2v) is 12.0. The summed E-state index contributed by atoms with van der Waals surface area (Å²) in [7, 11) is 0. The number of aromatic nitrogens is 3. The molecule has 2 heterocycles. The normalized spacial score (nSPS) is 11.3. The van der Waals surface area contributed by atoms with Crippen LogP contribution in [0.4, 0.5) is 0 Å². The maximum atomic E-state index is 6.20. The van der Waals surface area contributed by atoms with Crippen LogP contribution in [0.3, 0.4) is 0 Å². The molecule has 0 N–H and O–H groups in total. The Hall–Kier alpha value is -6.65. The number of fused-ring (bicyclic) bond motifs is 3. The second-order valence-electron chi connectivity index (χ2n) is 12.0. The van der Waals surface area contributed by atoms with Crippen LogP contribution in [-0.4, -0.2) is 15.0 Å². The molecule has 0 aliphatic carbocycles. The van der Waals surface area contributed by atoms with E-state index in [9.17, 15) is 0 Å². The maximum absolute atomic E-state index is 6.20. The zero-order valence-corrected chi connectivity index (χ0v) is 26.5. The van der Waals surface area contributed by atoms with Crippen molar-refractivity contribution in [2.24, 2.45) is 0 Å². The minimum atomic E-state index is 0.605. The van der Waals surface area contributed by atoms with E-state index in [0.29, 0.717) is 17.5 Å². The molecule has 9 aromatic rings. The van der Waals surface area contributed by atoms with Crippen LogP contribution in [0, 0.1) is 0 Å². The molecular formula is C45H29N3O. The summed E-state index contributed by atoms with van der Waals surface area (Å²) < 4.78 is 6.20. The summed E-state index contributed by atoms with van der Waals surface area (Å²) in [6, 6.07) is 60.6. The minimum absolute atomic E-state index is 0.605. The van der Waals surface area contributed by atoms with Crippen molar-refractivity contribution < 1.29 is 4.42 Å². The van der Waals surface area contributed by atoms with E-state index in [4.69, 9.17) is 19.4 Å². The summed E-state index contributed by atoms with van der Waals surface area (Å²) >= 11 is 0. The standard InChI is InChI=1S/C45H29N3O/c1-4-13-30(14-5-1)35-27-28-36(39(29-35)31-15-6-2-7-16-31)32-23-25-34(26-24-32)44-46-43(33-17-8-3-9-18-33)47-45(48-44)38-20-12-22-41-42(38)37-19-10-11-21-40(37)49-41/h1-29H. The van der Waals surface area contributed by atoms with Crippen molar-refractivity contribution in [3.63, 3.8) is 0 Å². The van der Waals surface area contributed by atoms with Crippen molar-refractivity contribution in [1.29, 1.82) is 0 Å². The summed E-state index contributed by atoms with van der Waals surface area (Å²) in [5, 5.41) is 2.03. The fourth-order valence-corrected chi connectivity index (χ4v) is 6.56. The Morgan fingerprint density at radius 3 is 1.53 bits per heavy atom. The molecule has 4 nitrogen and oxygen atoms in total. The van der Waals surface area contributed by atoms with Gasteiger partial charge in [0.2, 0.25) is 0 Å². The van der Waals surface area contributed by atoms with E-state index in [1.54, 1.807) is 0 Å². The third kappa shape index (κ3) is 5.35. The van der Waals surface area contributed by atoms with Crippen LogP contribution in [0.1, 0.15) is 0 Å². The molecule has 9 rings (SSSR count). The number of para-hydroxylation sites is 1. The van der Waals surface area contributed by atoms with Gasteiger partial charge in [0, 0.05) is 27.5 Å². The van der Waals surface area contributed by atoms with Crippen molar-refractivity contribution >= 4 is 21.9 Å². The highest BCUT2D eigenvalue weighted by Gasteiger charge is 2.18. The fourth-order valence-electron chi connectivity index (χ4n) is 6.56. The molecule has 230 valence electrons. The van der Waals surface area contributed by atoms with E-state index >= 15 is 0 Å². The molecule has 0 unspecified atom stereocenters. The third-order valence-corrected chi connectivity index (χ3v) is 8.98. The lowest BCUT2D eigenvalue weighted by Gasteiger charge is -2.14. The monoisotopic (exact) mass is 627 g/mol. The van der Waals surface area contributed by atoms with Crippen molar-refractivity contribution in [2.75, 3.05) is 0 Å². The molecule has 0 saturated heterocycles. The highest BCUT2D eigenvalue weighted by molar-refractivity contribution is 6.11. The Morgan fingerprint density at radius 2 is 0.816 bits per heavy atom. The van der Waals surface area contributed by atoms with Gasteiger partial charge in [-0.1, -0.05) is 158 Å². The highest BCUT2D eigenvalue weighted by atomic mass is 16.3. The van der Waals surface area contributed by atoms with E-state index in [0.717, 1.165) is 49.8 Å². The first-order valence-electron chi connectivity index (χ1n) is 16.4. The van der Waals surface area contributed by atoms with Gasteiger partial charge in [-0.15, -0.1) is 0 Å². The lowest BCUT2D eigenvalue weighted by atomic mass is 9.91. The number of nitrogens with zero attached hydrogens (tertiary/aromatic N) is 3. The molecule has 0 aliphatic heterocycles. The first kappa shape index (κ1) is 28.6. The van der Waals surface area contributed by atoms with Crippen LogP contribution < -0.4 is 0 Å². The lowest BCUT2D eigenvalue weighted by molar-refractivity contribution is 0.669. The molecule has 49 heavy (non-hydrogen) atoms. The zero-order valence-electron chi connectivity index (χ0n) is 26.5. The summed E-state index contributed by atoms with van der Waals surface area (Å²) in [4.78, 5) is 15.1. The molecule has 4 heteroatoms. The molecule has 2 aromatic heterocycles. The number of hydrogen-bond donors (Lipinski definition) is 0. The average molecular weight is 628 g/mol. The van der Waals surface area contributed by atoms with Crippen LogP contribution in [0.25, 0.3) is 89.5 Å². The van der Waals surface area contributed by atoms with Crippen molar-refractivity contribution in [1.82, 2.24) is 15.0 Å². The third-order valence-electron chi connectivity index (χ3n) is 8.98. The zero-order chi connectivity index (χ0) is 32.6. The molecule has 0 radical (unpaired) electrons. The minimum Gasteiger partial charge on any atom is -0.456 e. The van der Waals surface area contributed by atoms with Crippen LogP contribution in [0.5, 0.6) is 0 Å². The Morgan fingerprint density at radius 1 is 0.306 bits per heavy atom. The molecule has 0 aliphatic rings. The van der Waals surface area contributed by atoms with Gasteiger partial charge >= 0.3 is 0 Å². The second kappa shape index (κ2) is 12.2. The molecule has 0 atom stereocenters. The van der Waals surface area contributed by atoms with Gasteiger partial charge < -0.3 is 4.42 Å². The van der Waals surface area contributed by atoms with E-state index in [2.05, 4.69) is 115 Å². The molecule has 0 spiro atoms. The number of rotatable bonds is 6. The number of hydrogen-bond acceptors (Lipinski definition) is 4. The van der Waals surface area contributed by atoms with E-state index in [1.165, 1.54) is 22.3 Å². The highest BCUT2D eigenvalue weighted by Crippen LogP contribution is 2.38. The average Bonchev–Trinajstić information content (AvgIpc) is 3.58. The van der Waals surface area contributed by atoms with Gasteiger partial charge in [-0.05, 0) is 51.6 Å². The van der Waals surface area contributed by atoms with E-state index in [-0.39, 0.29) is 0 Å². The molecule has 0 amide bonds. The topological polar surface area (TPSA) is 51.8 Å². The molecule has 0 saturated carbocycles. The SMILES string of the molecule is c1ccc(-c2ccc(-c3ccc(-c4nc(-c5ccccc5)nc(-c5cccc6oc7ccccc7c56)n4)cc3)c(-c3ccccc3)c2)cc1. The predicted octanol–water partition coefficient (Wildman–Crippen LogP) is 11.8. The summed E-state index contributed by atoms with van der Waals surface area (Å²) in [6.45, 7) is 0. The number of furan rings is 1. The Kier molecular flexibility index (Phi) is 7.10. The summed E-state index contributed by atoms with van der Waals surface area (Å²) in [5.41, 5.74) is 11.4. The van der Waals surface area contributed by atoms with Crippen LogP contribution in [-0.2, 0) is 0 Å². The van der Waals surface area contributed by atoms with Crippen molar-refractivity contribution in [3.05, 3.63) is 176 Å². The Labute approximate surface area is 284 Å². The van der Waals surface area contributed by atoms with E-state index < -0.39 is 0 Å². The fraction of sp³-hybridized carbons (Fsp3) is 0. The molecule has 7 aromatic carbocycles. The summed E-state index contributed by atoms with van der Waals surface area (Å²) in [6.07, 6.45) is 0. The van der Waals surface area contributed by atoms with Gasteiger partial charge in [0.05, 0.1) is 0 Å². The van der Waals surface area contributed by atoms with Gasteiger partial charge in [-0.25, -0.2) is 15.0 Å². The van der Waals surface area contributed by atoms with Crippen LogP contribution >= 0.6 is 0 Å². The predicted molar refractivity (Wildman–Crippen MR) is 200 cm³/mol. The Bertz CT molecular complexity index is 2580. The van der Waals surface area contributed by atoms with Crippen molar-refractivity contribution in [2.45, 2.75) is 0 Å². The van der Waals surface area contributed by atoms with Crippen LogP contribution in [0.15, 0.2) is 180 Å². The van der Waals surface area contributed by atoms with Gasteiger partial charge in [0.25, 0.3) is 0 Å². The van der Waals surface area contributed by atoms with Crippen molar-refractivity contribution in [3.8, 4) is 67.5 Å². The first-order valence-corrected chi connectivity index (χ1v) is 16.4. The molecule has 0 fully saturated rings. The quantitative estimate of drug-likeness (QED) is 0.184.